The Bertz CT molecular complexity index is 920. The quantitative estimate of drug-likeness (QED) is 0.796. The van der Waals surface area contributed by atoms with Gasteiger partial charge in [-0.2, -0.15) is 0 Å². The van der Waals surface area contributed by atoms with Gasteiger partial charge in [0.25, 0.3) is 0 Å². The zero-order valence-corrected chi connectivity index (χ0v) is 14.4. The van der Waals surface area contributed by atoms with Crippen LogP contribution < -0.4 is 0 Å². The maximum absolute atomic E-state index is 11.5. The van der Waals surface area contributed by atoms with Crippen LogP contribution in [0.25, 0.3) is 11.2 Å². The summed E-state index contributed by atoms with van der Waals surface area (Å²) in [5, 5.41) is 9.43. The highest BCUT2D eigenvalue weighted by Gasteiger charge is 2.24. The molecular weight excluding hydrogens is 302 g/mol. The molecule has 1 aromatic carbocycles. The largest absolute Gasteiger partial charge is 0.478 e. The molecule has 0 aliphatic heterocycles. The second kappa shape index (κ2) is 5.74. The van der Waals surface area contributed by atoms with Gasteiger partial charge in [0.2, 0.25) is 0 Å². The van der Waals surface area contributed by atoms with E-state index >= 15 is 0 Å². The molecule has 0 atom stereocenters. The number of imidazole rings is 1. The van der Waals surface area contributed by atoms with E-state index in [4.69, 9.17) is 4.98 Å². The minimum absolute atomic E-state index is 0.174. The third-order valence-corrected chi connectivity index (χ3v) is 3.97. The zero-order valence-electron chi connectivity index (χ0n) is 14.4. The molecule has 3 rings (SSSR count). The predicted octanol–water partition coefficient (Wildman–Crippen LogP) is 3.78. The third-order valence-electron chi connectivity index (χ3n) is 3.97. The molecule has 5 heteroatoms. The number of hydrogen-bond donors (Lipinski definition) is 1. The zero-order chi connectivity index (χ0) is 17.5. The van der Waals surface area contributed by atoms with Crippen molar-refractivity contribution >= 4 is 17.1 Å². The maximum Gasteiger partial charge on any atom is 0.336 e. The lowest BCUT2D eigenvalue weighted by atomic mass is 9.95. The summed E-state index contributed by atoms with van der Waals surface area (Å²) < 4.78 is 2.02. The molecule has 3 aromatic rings. The SMILES string of the molecule is Cc1cnc2c(c1)nc(C(C)(C)C)n2Cc1ccccc1C(=O)O. The van der Waals surface area contributed by atoms with Crippen LogP contribution >= 0.6 is 0 Å². The van der Waals surface area contributed by atoms with Crippen LogP contribution in [-0.4, -0.2) is 25.6 Å². The number of pyridine rings is 1. The number of rotatable bonds is 3. The number of hydrogen-bond acceptors (Lipinski definition) is 3. The van der Waals surface area contributed by atoms with Crippen LogP contribution in [0.5, 0.6) is 0 Å². The van der Waals surface area contributed by atoms with E-state index in [2.05, 4.69) is 25.8 Å². The Balaban J connectivity index is 2.20. The summed E-state index contributed by atoms with van der Waals surface area (Å²) in [4.78, 5) is 20.8. The maximum atomic E-state index is 11.5. The third kappa shape index (κ3) is 2.89. The van der Waals surface area contributed by atoms with Crippen molar-refractivity contribution < 1.29 is 9.90 Å². The Labute approximate surface area is 141 Å². The number of nitrogens with zero attached hydrogens (tertiary/aromatic N) is 3. The van der Waals surface area contributed by atoms with Crippen LogP contribution in [0.1, 0.15) is 48.1 Å². The first-order valence-electron chi connectivity index (χ1n) is 7.92. The second-order valence-corrected chi connectivity index (χ2v) is 7.09. The number of carbonyl (C=O) groups is 1. The van der Waals surface area contributed by atoms with Gasteiger partial charge in [-0.05, 0) is 30.2 Å². The second-order valence-electron chi connectivity index (χ2n) is 7.09. The van der Waals surface area contributed by atoms with Gasteiger partial charge < -0.3 is 9.67 Å². The van der Waals surface area contributed by atoms with Crippen molar-refractivity contribution in [3.8, 4) is 0 Å². The first-order valence-corrected chi connectivity index (χ1v) is 7.92. The van der Waals surface area contributed by atoms with Crippen LogP contribution in [0, 0.1) is 6.92 Å². The lowest BCUT2D eigenvalue weighted by molar-refractivity contribution is 0.0695. The molecule has 24 heavy (non-hydrogen) atoms. The predicted molar refractivity (Wildman–Crippen MR) is 93.5 cm³/mol. The normalized spacial score (nSPS) is 11.8. The molecule has 0 aliphatic rings. The van der Waals surface area contributed by atoms with Crippen LogP contribution in [0.2, 0.25) is 0 Å². The molecule has 0 saturated heterocycles. The molecule has 0 amide bonds. The summed E-state index contributed by atoms with van der Waals surface area (Å²) in [6.45, 7) is 8.71. The van der Waals surface area contributed by atoms with Crippen molar-refractivity contribution in [1.29, 1.82) is 0 Å². The topological polar surface area (TPSA) is 68.0 Å². The summed E-state index contributed by atoms with van der Waals surface area (Å²) in [5.74, 6) is -0.0214. The van der Waals surface area contributed by atoms with Gasteiger partial charge in [-0.3, -0.25) is 0 Å². The van der Waals surface area contributed by atoms with E-state index in [1.165, 1.54) is 0 Å². The summed E-state index contributed by atoms with van der Waals surface area (Å²) in [5.41, 5.74) is 3.56. The van der Waals surface area contributed by atoms with Crippen molar-refractivity contribution in [2.45, 2.75) is 39.7 Å². The first-order chi connectivity index (χ1) is 11.3. The molecule has 1 N–H and O–H groups in total. The molecule has 0 unspecified atom stereocenters. The molecule has 0 spiro atoms. The van der Waals surface area contributed by atoms with E-state index < -0.39 is 5.97 Å². The minimum Gasteiger partial charge on any atom is -0.478 e. The monoisotopic (exact) mass is 323 g/mol. The van der Waals surface area contributed by atoms with E-state index in [-0.39, 0.29) is 5.41 Å². The Kier molecular flexibility index (Phi) is 3.87. The number of benzene rings is 1. The molecule has 0 fully saturated rings. The van der Waals surface area contributed by atoms with Crippen molar-refractivity contribution in [3.63, 3.8) is 0 Å². The fraction of sp³-hybridized carbons (Fsp3) is 0.316. The summed E-state index contributed by atoms with van der Waals surface area (Å²) in [6.07, 6.45) is 1.82. The highest BCUT2D eigenvalue weighted by molar-refractivity contribution is 5.89. The number of aromatic carboxylic acids is 1. The minimum atomic E-state index is -0.920. The Morgan fingerprint density at radius 1 is 1.25 bits per heavy atom. The molecule has 0 aliphatic carbocycles. The number of carboxylic acid groups (broad SMARTS) is 1. The lowest BCUT2D eigenvalue weighted by Gasteiger charge is -2.20. The Morgan fingerprint density at radius 2 is 1.96 bits per heavy atom. The summed E-state index contributed by atoms with van der Waals surface area (Å²) in [6, 6.07) is 9.08. The highest BCUT2D eigenvalue weighted by Crippen LogP contribution is 2.27. The molecule has 5 nitrogen and oxygen atoms in total. The average molecular weight is 323 g/mol. The van der Waals surface area contributed by atoms with Gasteiger partial charge in [0.05, 0.1) is 12.1 Å². The number of aromatic nitrogens is 3. The van der Waals surface area contributed by atoms with Crippen molar-refractivity contribution in [1.82, 2.24) is 14.5 Å². The Morgan fingerprint density at radius 3 is 2.62 bits per heavy atom. The first kappa shape index (κ1) is 16.2. The van der Waals surface area contributed by atoms with E-state index in [1.54, 1.807) is 12.1 Å². The van der Waals surface area contributed by atoms with Crippen molar-refractivity contribution in [2.75, 3.05) is 0 Å². The van der Waals surface area contributed by atoms with Crippen molar-refractivity contribution in [2.24, 2.45) is 0 Å². The van der Waals surface area contributed by atoms with Crippen LogP contribution in [0.3, 0.4) is 0 Å². The van der Waals surface area contributed by atoms with E-state index in [1.807, 2.05) is 35.9 Å². The number of aryl methyl sites for hydroxylation is 1. The molecule has 124 valence electrons. The van der Waals surface area contributed by atoms with Gasteiger partial charge in [-0.25, -0.2) is 14.8 Å². The highest BCUT2D eigenvalue weighted by atomic mass is 16.4. The van der Waals surface area contributed by atoms with Gasteiger partial charge >= 0.3 is 5.97 Å². The lowest BCUT2D eigenvalue weighted by Crippen LogP contribution is -2.20. The molecule has 0 saturated carbocycles. The summed E-state index contributed by atoms with van der Waals surface area (Å²) >= 11 is 0. The van der Waals surface area contributed by atoms with Gasteiger partial charge in [0, 0.05) is 11.6 Å². The Hall–Kier alpha value is -2.69. The molecule has 2 heterocycles. The van der Waals surface area contributed by atoms with E-state index in [0.717, 1.165) is 28.1 Å². The number of fused-ring (bicyclic) bond motifs is 1. The smallest absolute Gasteiger partial charge is 0.336 e. The summed E-state index contributed by atoms with van der Waals surface area (Å²) in [7, 11) is 0. The standard InChI is InChI=1S/C19H21N3O2/c1-12-9-15-16(20-10-12)22(18(21-15)19(2,3)4)11-13-7-5-6-8-14(13)17(23)24/h5-10H,11H2,1-4H3,(H,23,24). The van der Waals surface area contributed by atoms with Crippen LogP contribution in [-0.2, 0) is 12.0 Å². The molecule has 2 aromatic heterocycles. The molecule has 0 radical (unpaired) electrons. The van der Waals surface area contributed by atoms with Crippen molar-refractivity contribution in [3.05, 3.63) is 59.0 Å². The van der Waals surface area contributed by atoms with Gasteiger partial charge in [-0.15, -0.1) is 0 Å². The fourth-order valence-corrected chi connectivity index (χ4v) is 2.87. The van der Waals surface area contributed by atoms with Gasteiger partial charge in [-0.1, -0.05) is 39.0 Å². The van der Waals surface area contributed by atoms with Gasteiger partial charge in [0.15, 0.2) is 5.65 Å². The number of carboxylic acids is 1. The van der Waals surface area contributed by atoms with E-state index in [0.29, 0.717) is 12.1 Å². The average Bonchev–Trinajstić information content (AvgIpc) is 2.85. The fourth-order valence-electron chi connectivity index (χ4n) is 2.87. The molecular formula is C19H21N3O2. The van der Waals surface area contributed by atoms with Gasteiger partial charge in [0.1, 0.15) is 11.3 Å². The molecule has 0 bridgehead atoms. The van der Waals surface area contributed by atoms with E-state index in [9.17, 15) is 9.90 Å². The van der Waals surface area contributed by atoms with Crippen LogP contribution in [0.4, 0.5) is 0 Å². The van der Waals surface area contributed by atoms with Crippen LogP contribution in [0.15, 0.2) is 36.5 Å².